The van der Waals surface area contributed by atoms with Gasteiger partial charge in [0.1, 0.15) is 22.6 Å². The minimum Gasteiger partial charge on any atom is -0.444 e. The van der Waals surface area contributed by atoms with Crippen LogP contribution in [0.4, 0.5) is 4.79 Å². The van der Waals surface area contributed by atoms with Crippen molar-refractivity contribution < 1.29 is 19.1 Å². The molecule has 0 unspecified atom stereocenters. The second-order valence-electron chi connectivity index (χ2n) is 6.80. The Kier molecular flexibility index (Phi) is 5.70. The summed E-state index contributed by atoms with van der Waals surface area (Å²) in [4.78, 5) is 36.5. The van der Waals surface area contributed by atoms with E-state index in [1.54, 1.807) is 52.0 Å². The first-order chi connectivity index (χ1) is 10.5. The van der Waals surface area contributed by atoms with Crippen LogP contribution in [-0.4, -0.2) is 23.3 Å². The number of Topliss-reactive ketones (excluding diaryl/α,β-unsaturated/α-hetero) is 2. The zero-order chi connectivity index (χ0) is 17.8. The number of nitrogens with one attached hydrogen (secondary N) is 1. The molecule has 5 heteroatoms. The Balaban J connectivity index is 3.26. The summed E-state index contributed by atoms with van der Waals surface area (Å²) in [5, 5.41) is 2.69. The van der Waals surface area contributed by atoms with Crippen molar-refractivity contribution in [2.45, 2.75) is 53.2 Å². The van der Waals surface area contributed by atoms with Gasteiger partial charge in [0.15, 0.2) is 0 Å². The zero-order valence-electron chi connectivity index (χ0n) is 14.6. The summed E-state index contributed by atoms with van der Waals surface area (Å²) in [6.07, 6.45) is -0.667. The van der Waals surface area contributed by atoms with Crippen LogP contribution in [0.3, 0.4) is 0 Å². The maximum atomic E-state index is 12.2. The number of alkyl carbamates (subject to hydrolysis) is 1. The molecule has 0 aliphatic carbocycles. The molecule has 0 aromatic heterocycles. The summed E-state index contributed by atoms with van der Waals surface area (Å²) in [5.74, 6) is -0.621. The SMILES string of the molecule is CC(=O)C(C)(C(C)=O)[C@H](NC(=O)OC(C)(C)C)c1ccccc1. The minimum atomic E-state index is -1.36. The molecule has 23 heavy (non-hydrogen) atoms. The molecule has 0 saturated heterocycles. The van der Waals surface area contributed by atoms with Gasteiger partial charge in [-0.25, -0.2) is 4.79 Å². The van der Waals surface area contributed by atoms with E-state index in [9.17, 15) is 14.4 Å². The lowest BCUT2D eigenvalue weighted by Gasteiger charge is -2.34. The third kappa shape index (κ3) is 4.65. The normalized spacial score (nSPS) is 13.1. The van der Waals surface area contributed by atoms with Crippen molar-refractivity contribution in [3.63, 3.8) is 0 Å². The molecule has 5 nitrogen and oxygen atoms in total. The summed E-state index contributed by atoms with van der Waals surface area (Å²) in [6, 6.07) is 8.15. The first-order valence-corrected chi connectivity index (χ1v) is 7.55. The molecule has 0 saturated carbocycles. The summed E-state index contributed by atoms with van der Waals surface area (Å²) < 4.78 is 5.27. The van der Waals surface area contributed by atoms with E-state index >= 15 is 0 Å². The Labute approximate surface area is 137 Å². The standard InChI is InChI=1S/C18H25NO4/c1-12(20)18(6,13(2)21)15(14-10-8-7-9-11-14)19-16(22)23-17(3,4)5/h7-11,15H,1-6H3,(H,19,22)/t15-/m1/s1. The lowest BCUT2D eigenvalue weighted by atomic mass is 9.73. The van der Waals surface area contributed by atoms with Crippen LogP contribution in [0.1, 0.15) is 53.1 Å². The molecule has 1 amide bonds. The first kappa shape index (κ1) is 18.9. The van der Waals surface area contributed by atoms with Crippen LogP contribution in [0, 0.1) is 5.41 Å². The van der Waals surface area contributed by atoms with Crippen molar-refractivity contribution >= 4 is 17.7 Å². The Morgan fingerprint density at radius 1 is 0.957 bits per heavy atom. The van der Waals surface area contributed by atoms with Crippen LogP contribution in [0.5, 0.6) is 0 Å². The molecule has 1 aromatic carbocycles. The van der Waals surface area contributed by atoms with Crippen LogP contribution >= 0.6 is 0 Å². The van der Waals surface area contributed by atoms with Crippen LogP contribution in [-0.2, 0) is 14.3 Å². The van der Waals surface area contributed by atoms with Gasteiger partial charge in [-0.15, -0.1) is 0 Å². The van der Waals surface area contributed by atoms with Crippen molar-refractivity contribution in [3.05, 3.63) is 35.9 Å². The van der Waals surface area contributed by atoms with Crippen molar-refractivity contribution in [1.82, 2.24) is 5.32 Å². The van der Waals surface area contributed by atoms with Gasteiger partial charge in [0.2, 0.25) is 0 Å². The average Bonchev–Trinajstić information content (AvgIpc) is 2.42. The van der Waals surface area contributed by atoms with Crippen LogP contribution in [0.15, 0.2) is 30.3 Å². The molecule has 1 rings (SSSR count). The van der Waals surface area contributed by atoms with Gasteiger partial charge in [-0.3, -0.25) is 9.59 Å². The number of amides is 1. The first-order valence-electron chi connectivity index (χ1n) is 7.55. The molecule has 0 aliphatic heterocycles. The van der Waals surface area contributed by atoms with Crippen LogP contribution in [0.2, 0.25) is 0 Å². The monoisotopic (exact) mass is 319 g/mol. The van der Waals surface area contributed by atoms with E-state index in [1.165, 1.54) is 13.8 Å². The molecule has 0 aliphatic rings. The molecule has 0 bridgehead atoms. The average molecular weight is 319 g/mol. The largest absolute Gasteiger partial charge is 0.444 e. The molecule has 1 N–H and O–H groups in total. The van der Waals surface area contributed by atoms with Crippen LogP contribution < -0.4 is 5.32 Å². The van der Waals surface area contributed by atoms with Gasteiger partial charge in [0, 0.05) is 0 Å². The van der Waals surface area contributed by atoms with E-state index < -0.39 is 23.2 Å². The number of carbonyl (C=O) groups excluding carboxylic acids is 3. The maximum absolute atomic E-state index is 12.2. The fourth-order valence-electron chi connectivity index (χ4n) is 2.29. The second kappa shape index (κ2) is 6.94. The summed E-state index contributed by atoms with van der Waals surface area (Å²) in [6.45, 7) is 9.51. The van der Waals surface area contributed by atoms with E-state index in [0.717, 1.165) is 0 Å². The molecule has 126 valence electrons. The van der Waals surface area contributed by atoms with Gasteiger partial charge >= 0.3 is 6.09 Å². The van der Waals surface area contributed by atoms with E-state index in [2.05, 4.69) is 5.32 Å². The summed E-state index contributed by atoms with van der Waals surface area (Å²) in [7, 11) is 0. The highest BCUT2D eigenvalue weighted by molar-refractivity contribution is 6.05. The summed E-state index contributed by atoms with van der Waals surface area (Å²) >= 11 is 0. The van der Waals surface area contributed by atoms with E-state index in [0.29, 0.717) is 5.56 Å². The lowest BCUT2D eigenvalue weighted by molar-refractivity contribution is -0.139. The van der Waals surface area contributed by atoms with Crippen molar-refractivity contribution in [2.24, 2.45) is 5.41 Å². The van der Waals surface area contributed by atoms with Gasteiger partial charge < -0.3 is 10.1 Å². The topological polar surface area (TPSA) is 72.5 Å². The fraction of sp³-hybridized carbons (Fsp3) is 0.500. The molecule has 0 heterocycles. The van der Waals surface area contributed by atoms with E-state index in [1.807, 2.05) is 6.07 Å². The third-order valence-electron chi connectivity index (χ3n) is 3.83. The molecule has 1 atom stereocenters. The highest BCUT2D eigenvalue weighted by Crippen LogP contribution is 2.36. The van der Waals surface area contributed by atoms with Gasteiger partial charge in [-0.05, 0) is 47.1 Å². The van der Waals surface area contributed by atoms with E-state index in [4.69, 9.17) is 4.74 Å². The molecule has 1 aromatic rings. The Morgan fingerprint density at radius 3 is 1.83 bits per heavy atom. The van der Waals surface area contributed by atoms with Gasteiger partial charge in [-0.1, -0.05) is 30.3 Å². The fourth-order valence-corrected chi connectivity index (χ4v) is 2.29. The molecule has 0 spiro atoms. The van der Waals surface area contributed by atoms with Crippen molar-refractivity contribution in [3.8, 4) is 0 Å². The second-order valence-corrected chi connectivity index (χ2v) is 6.80. The highest BCUT2D eigenvalue weighted by Gasteiger charge is 2.45. The number of carbonyl (C=O) groups is 3. The quantitative estimate of drug-likeness (QED) is 0.844. The number of ether oxygens (including phenoxy) is 1. The third-order valence-corrected chi connectivity index (χ3v) is 3.83. The number of rotatable bonds is 5. The van der Waals surface area contributed by atoms with Gasteiger partial charge in [-0.2, -0.15) is 0 Å². The van der Waals surface area contributed by atoms with E-state index in [-0.39, 0.29) is 11.6 Å². The Morgan fingerprint density at radius 2 is 1.43 bits per heavy atom. The molecular formula is C18H25NO4. The molecule has 0 fully saturated rings. The van der Waals surface area contributed by atoms with Gasteiger partial charge in [0.05, 0.1) is 6.04 Å². The minimum absolute atomic E-state index is 0.310. The van der Waals surface area contributed by atoms with Crippen LogP contribution in [0.25, 0.3) is 0 Å². The smallest absolute Gasteiger partial charge is 0.408 e. The number of hydrogen-bond acceptors (Lipinski definition) is 4. The Hall–Kier alpha value is -2.17. The Bertz CT molecular complexity index is 573. The van der Waals surface area contributed by atoms with Gasteiger partial charge in [0.25, 0.3) is 0 Å². The lowest BCUT2D eigenvalue weighted by Crippen LogP contribution is -2.48. The zero-order valence-corrected chi connectivity index (χ0v) is 14.6. The summed E-state index contributed by atoms with van der Waals surface area (Å²) in [5.41, 5.74) is -1.36. The predicted octanol–water partition coefficient (Wildman–Crippen LogP) is 3.44. The molecular weight excluding hydrogens is 294 g/mol. The van der Waals surface area contributed by atoms with Crippen molar-refractivity contribution in [1.29, 1.82) is 0 Å². The number of ketones is 2. The van der Waals surface area contributed by atoms with Crippen molar-refractivity contribution in [2.75, 3.05) is 0 Å². The number of benzene rings is 1. The molecule has 0 radical (unpaired) electrons. The maximum Gasteiger partial charge on any atom is 0.408 e. The number of hydrogen-bond donors (Lipinski definition) is 1. The highest BCUT2D eigenvalue weighted by atomic mass is 16.6. The predicted molar refractivity (Wildman–Crippen MR) is 88.0 cm³/mol.